The van der Waals surface area contributed by atoms with Gasteiger partial charge in [-0.05, 0) is 18.6 Å². The molecule has 96 valence electrons. The van der Waals surface area contributed by atoms with Gasteiger partial charge < -0.3 is 9.73 Å². The van der Waals surface area contributed by atoms with Gasteiger partial charge in [0, 0.05) is 23.5 Å². The number of hydrogen-bond acceptors (Lipinski definition) is 2. The zero-order valence-electron chi connectivity index (χ0n) is 11.0. The molecule has 0 spiro atoms. The van der Waals surface area contributed by atoms with Crippen LogP contribution in [0.1, 0.15) is 24.1 Å². The first-order valence-electron chi connectivity index (χ1n) is 6.58. The Bertz CT molecular complexity index is 657. The number of benzene rings is 2. The van der Waals surface area contributed by atoms with E-state index < -0.39 is 0 Å². The smallest absolute Gasteiger partial charge is 0.134 e. The maximum atomic E-state index is 5.55. The average Bonchev–Trinajstić information content (AvgIpc) is 2.89. The van der Waals surface area contributed by atoms with Crippen molar-refractivity contribution in [3.8, 4) is 0 Å². The first kappa shape index (κ1) is 12.0. The van der Waals surface area contributed by atoms with Gasteiger partial charge >= 0.3 is 0 Å². The van der Waals surface area contributed by atoms with Crippen LogP contribution in [-0.2, 0) is 6.54 Å². The summed E-state index contributed by atoms with van der Waals surface area (Å²) in [6, 6.07) is 18.9. The average molecular weight is 251 g/mol. The molecule has 1 atom stereocenters. The molecule has 0 radical (unpaired) electrons. The highest BCUT2D eigenvalue weighted by atomic mass is 16.3. The highest BCUT2D eigenvalue weighted by Crippen LogP contribution is 2.21. The van der Waals surface area contributed by atoms with E-state index in [4.69, 9.17) is 4.42 Å². The third-order valence-electron chi connectivity index (χ3n) is 3.46. The fraction of sp³-hybridized carbons (Fsp3) is 0.176. The maximum Gasteiger partial charge on any atom is 0.134 e. The molecule has 3 rings (SSSR count). The van der Waals surface area contributed by atoms with Crippen molar-refractivity contribution in [1.29, 1.82) is 0 Å². The van der Waals surface area contributed by atoms with E-state index in [1.54, 1.807) is 0 Å². The van der Waals surface area contributed by atoms with Crippen LogP contribution in [0.5, 0.6) is 0 Å². The Labute approximate surface area is 113 Å². The Morgan fingerprint density at radius 1 is 1.00 bits per heavy atom. The molecule has 1 aromatic heterocycles. The van der Waals surface area contributed by atoms with Crippen molar-refractivity contribution >= 4 is 11.0 Å². The van der Waals surface area contributed by atoms with E-state index in [9.17, 15) is 0 Å². The van der Waals surface area contributed by atoms with Gasteiger partial charge in [-0.3, -0.25) is 0 Å². The van der Waals surface area contributed by atoms with E-state index in [0.717, 1.165) is 12.1 Å². The Hall–Kier alpha value is -2.06. The number of nitrogens with one attached hydrogen (secondary N) is 1. The van der Waals surface area contributed by atoms with E-state index >= 15 is 0 Å². The van der Waals surface area contributed by atoms with Gasteiger partial charge in [0.2, 0.25) is 0 Å². The van der Waals surface area contributed by atoms with Crippen molar-refractivity contribution in [3.05, 3.63) is 72.0 Å². The summed E-state index contributed by atoms with van der Waals surface area (Å²) < 4.78 is 5.55. The molecule has 0 aliphatic heterocycles. The van der Waals surface area contributed by atoms with Crippen LogP contribution in [0.3, 0.4) is 0 Å². The topological polar surface area (TPSA) is 25.2 Å². The second kappa shape index (κ2) is 5.29. The number of rotatable bonds is 4. The minimum Gasteiger partial charge on any atom is -0.464 e. The molecule has 2 nitrogen and oxygen atoms in total. The lowest BCUT2D eigenvalue weighted by molar-refractivity contribution is 0.562. The normalized spacial score (nSPS) is 12.7. The molecule has 0 amide bonds. The molecule has 0 aliphatic carbocycles. The highest BCUT2D eigenvalue weighted by Gasteiger charge is 2.07. The van der Waals surface area contributed by atoms with Crippen LogP contribution in [0, 0.1) is 0 Å². The molecular weight excluding hydrogens is 234 g/mol. The molecule has 0 saturated carbocycles. The number of furan rings is 1. The van der Waals surface area contributed by atoms with Crippen molar-refractivity contribution in [2.24, 2.45) is 0 Å². The van der Waals surface area contributed by atoms with E-state index in [1.807, 2.05) is 30.5 Å². The molecule has 0 bridgehead atoms. The number of para-hydroxylation sites is 1. The number of fused-ring (bicyclic) bond motifs is 1. The van der Waals surface area contributed by atoms with Crippen LogP contribution in [0.15, 0.2) is 65.3 Å². The summed E-state index contributed by atoms with van der Waals surface area (Å²) in [5.74, 6) is 0. The lowest BCUT2D eigenvalue weighted by Gasteiger charge is -2.13. The summed E-state index contributed by atoms with van der Waals surface area (Å²) in [7, 11) is 0. The Morgan fingerprint density at radius 3 is 2.58 bits per heavy atom. The Balaban J connectivity index is 1.73. The second-order valence-corrected chi connectivity index (χ2v) is 4.77. The zero-order valence-corrected chi connectivity index (χ0v) is 11.0. The van der Waals surface area contributed by atoms with E-state index in [1.165, 1.54) is 16.5 Å². The van der Waals surface area contributed by atoms with Gasteiger partial charge in [0.1, 0.15) is 5.58 Å². The van der Waals surface area contributed by atoms with Gasteiger partial charge in [-0.25, -0.2) is 0 Å². The molecule has 0 fully saturated rings. The van der Waals surface area contributed by atoms with Gasteiger partial charge in [0.15, 0.2) is 0 Å². The minimum atomic E-state index is 0.329. The molecule has 0 saturated heterocycles. The standard InChI is InChI=1S/C17H17NO/c1-13(14-7-3-2-4-8-14)18-11-15-12-19-17-10-6-5-9-16(15)17/h2-10,12-13,18H,11H2,1H3. The van der Waals surface area contributed by atoms with Gasteiger partial charge in [0.05, 0.1) is 6.26 Å². The SMILES string of the molecule is CC(NCc1coc2ccccc12)c1ccccc1. The summed E-state index contributed by atoms with van der Waals surface area (Å²) in [4.78, 5) is 0. The second-order valence-electron chi connectivity index (χ2n) is 4.77. The summed E-state index contributed by atoms with van der Waals surface area (Å²) >= 11 is 0. The van der Waals surface area contributed by atoms with Crippen molar-refractivity contribution in [3.63, 3.8) is 0 Å². The summed E-state index contributed by atoms with van der Waals surface area (Å²) in [6.45, 7) is 2.99. The zero-order chi connectivity index (χ0) is 13.1. The fourth-order valence-electron chi connectivity index (χ4n) is 2.29. The number of hydrogen-bond donors (Lipinski definition) is 1. The predicted molar refractivity (Wildman–Crippen MR) is 77.9 cm³/mol. The largest absolute Gasteiger partial charge is 0.464 e. The van der Waals surface area contributed by atoms with E-state index in [-0.39, 0.29) is 0 Å². The summed E-state index contributed by atoms with van der Waals surface area (Å²) in [6.07, 6.45) is 1.84. The molecule has 1 N–H and O–H groups in total. The Morgan fingerprint density at radius 2 is 1.74 bits per heavy atom. The van der Waals surface area contributed by atoms with Crippen molar-refractivity contribution in [2.75, 3.05) is 0 Å². The van der Waals surface area contributed by atoms with Crippen molar-refractivity contribution in [2.45, 2.75) is 19.5 Å². The summed E-state index contributed by atoms with van der Waals surface area (Å²) in [5.41, 5.74) is 3.46. The lowest BCUT2D eigenvalue weighted by Crippen LogP contribution is -2.17. The van der Waals surface area contributed by atoms with Gasteiger partial charge in [-0.2, -0.15) is 0 Å². The lowest BCUT2D eigenvalue weighted by atomic mass is 10.1. The maximum absolute atomic E-state index is 5.55. The summed E-state index contributed by atoms with van der Waals surface area (Å²) in [5, 5.41) is 4.72. The Kier molecular flexibility index (Phi) is 3.34. The van der Waals surface area contributed by atoms with Crippen LogP contribution in [0.4, 0.5) is 0 Å². The molecule has 2 aromatic carbocycles. The molecule has 2 heteroatoms. The van der Waals surface area contributed by atoms with Crippen LogP contribution in [0.2, 0.25) is 0 Å². The first-order chi connectivity index (χ1) is 9.34. The molecule has 1 heterocycles. The van der Waals surface area contributed by atoms with Gasteiger partial charge in [0.25, 0.3) is 0 Å². The first-order valence-corrected chi connectivity index (χ1v) is 6.58. The predicted octanol–water partition coefficient (Wildman–Crippen LogP) is 4.28. The van der Waals surface area contributed by atoms with Crippen LogP contribution in [0.25, 0.3) is 11.0 Å². The van der Waals surface area contributed by atoms with Crippen molar-refractivity contribution in [1.82, 2.24) is 5.32 Å². The van der Waals surface area contributed by atoms with Gasteiger partial charge in [-0.15, -0.1) is 0 Å². The quantitative estimate of drug-likeness (QED) is 0.748. The third-order valence-corrected chi connectivity index (χ3v) is 3.46. The third kappa shape index (κ3) is 2.54. The van der Waals surface area contributed by atoms with Crippen LogP contribution in [-0.4, -0.2) is 0 Å². The minimum absolute atomic E-state index is 0.329. The van der Waals surface area contributed by atoms with Gasteiger partial charge in [-0.1, -0.05) is 48.5 Å². The molecule has 19 heavy (non-hydrogen) atoms. The molecule has 3 aromatic rings. The molecule has 1 unspecified atom stereocenters. The van der Waals surface area contributed by atoms with E-state index in [2.05, 4.69) is 42.6 Å². The van der Waals surface area contributed by atoms with E-state index in [0.29, 0.717) is 6.04 Å². The fourth-order valence-corrected chi connectivity index (χ4v) is 2.29. The molecular formula is C17H17NO. The highest BCUT2D eigenvalue weighted by molar-refractivity contribution is 5.80. The van der Waals surface area contributed by atoms with Crippen molar-refractivity contribution < 1.29 is 4.42 Å². The molecule has 0 aliphatic rings. The van der Waals surface area contributed by atoms with Crippen LogP contribution >= 0.6 is 0 Å². The van der Waals surface area contributed by atoms with Crippen LogP contribution < -0.4 is 5.32 Å². The monoisotopic (exact) mass is 251 g/mol.